The highest BCUT2D eigenvalue weighted by molar-refractivity contribution is 5.91. The summed E-state index contributed by atoms with van der Waals surface area (Å²) in [6, 6.07) is 14.2. The Balaban J connectivity index is 1.52. The lowest BCUT2D eigenvalue weighted by Gasteiger charge is -2.30. The van der Waals surface area contributed by atoms with Gasteiger partial charge in [0.2, 0.25) is 5.79 Å². The van der Waals surface area contributed by atoms with E-state index in [1.165, 1.54) is 0 Å². The standard InChI is InChI=1S/C29H39N3O3/c1-19(2)25-10-9-11-26(20(3)4)27(25)31-28(33)30-18-29(34-21(5)22(6)35-29)23-12-14-24(15-13-23)32-16-7-8-17-32/h7-15,19-22H,16-18H2,1-6H3,(H2,30,31,33)/t21-,22+,29?. The van der Waals surface area contributed by atoms with Gasteiger partial charge in [-0.25, -0.2) is 4.79 Å². The third-order valence-corrected chi connectivity index (χ3v) is 7.00. The van der Waals surface area contributed by atoms with E-state index >= 15 is 0 Å². The number of hydrogen-bond acceptors (Lipinski definition) is 4. The maximum absolute atomic E-state index is 13.1. The fourth-order valence-electron chi connectivity index (χ4n) is 4.81. The third kappa shape index (κ3) is 5.39. The summed E-state index contributed by atoms with van der Waals surface area (Å²) in [7, 11) is 0. The van der Waals surface area contributed by atoms with Crippen molar-refractivity contribution < 1.29 is 14.3 Å². The van der Waals surface area contributed by atoms with Crippen molar-refractivity contribution in [3.63, 3.8) is 0 Å². The SMILES string of the molecule is CC(C)c1cccc(C(C)C)c1NC(=O)NCC1(c2ccc(N3CC=CC3)cc2)O[C@@H](C)[C@@H](C)O1. The van der Waals surface area contributed by atoms with Gasteiger partial charge in [-0.15, -0.1) is 0 Å². The molecule has 2 aliphatic heterocycles. The van der Waals surface area contributed by atoms with Crippen LogP contribution >= 0.6 is 0 Å². The number of urea groups is 1. The fraction of sp³-hybridized carbons (Fsp3) is 0.483. The van der Waals surface area contributed by atoms with Crippen molar-refractivity contribution in [2.75, 3.05) is 29.9 Å². The molecule has 2 aromatic rings. The van der Waals surface area contributed by atoms with Gasteiger partial charge in [0.25, 0.3) is 0 Å². The van der Waals surface area contributed by atoms with E-state index in [1.54, 1.807) is 0 Å². The van der Waals surface area contributed by atoms with Crippen LogP contribution in [0.4, 0.5) is 16.2 Å². The highest BCUT2D eigenvalue weighted by Gasteiger charge is 2.46. The van der Waals surface area contributed by atoms with Gasteiger partial charge in [0.15, 0.2) is 0 Å². The van der Waals surface area contributed by atoms with Crippen molar-refractivity contribution in [2.24, 2.45) is 0 Å². The van der Waals surface area contributed by atoms with Crippen LogP contribution in [0.15, 0.2) is 54.6 Å². The van der Waals surface area contributed by atoms with Crippen LogP contribution in [0.25, 0.3) is 0 Å². The highest BCUT2D eigenvalue weighted by Crippen LogP contribution is 2.38. The Kier molecular flexibility index (Phi) is 7.53. The van der Waals surface area contributed by atoms with Gasteiger partial charge in [-0.1, -0.05) is 70.2 Å². The molecule has 0 aromatic heterocycles. The summed E-state index contributed by atoms with van der Waals surface area (Å²) in [6.07, 6.45) is 4.17. The molecule has 0 bridgehead atoms. The van der Waals surface area contributed by atoms with E-state index in [4.69, 9.17) is 9.47 Å². The summed E-state index contributed by atoms with van der Waals surface area (Å²) < 4.78 is 12.7. The number of nitrogens with zero attached hydrogens (tertiary/aromatic N) is 1. The number of anilines is 2. The zero-order valence-corrected chi connectivity index (χ0v) is 21.8. The number of ether oxygens (including phenoxy) is 2. The summed E-state index contributed by atoms with van der Waals surface area (Å²) >= 11 is 0. The number of rotatable bonds is 7. The summed E-state index contributed by atoms with van der Waals surface area (Å²) in [5.41, 5.74) is 5.20. The minimum Gasteiger partial charge on any atom is -0.364 e. The molecule has 6 nitrogen and oxygen atoms in total. The first-order valence-electron chi connectivity index (χ1n) is 12.7. The lowest BCUT2D eigenvalue weighted by molar-refractivity contribution is -0.176. The third-order valence-electron chi connectivity index (χ3n) is 7.00. The van der Waals surface area contributed by atoms with Crippen molar-refractivity contribution in [2.45, 2.75) is 71.4 Å². The Labute approximate surface area is 209 Å². The number of para-hydroxylation sites is 1. The quantitative estimate of drug-likeness (QED) is 0.473. The number of carbonyl (C=O) groups is 1. The second-order valence-corrected chi connectivity index (χ2v) is 10.3. The summed E-state index contributed by atoms with van der Waals surface area (Å²) in [4.78, 5) is 15.4. The number of nitrogens with one attached hydrogen (secondary N) is 2. The molecule has 2 N–H and O–H groups in total. The molecule has 188 valence electrons. The van der Waals surface area contributed by atoms with Gasteiger partial charge in [-0.3, -0.25) is 0 Å². The first-order chi connectivity index (χ1) is 16.7. The predicted molar refractivity (Wildman–Crippen MR) is 142 cm³/mol. The molecule has 2 heterocycles. The van der Waals surface area contributed by atoms with Crippen molar-refractivity contribution >= 4 is 17.4 Å². The van der Waals surface area contributed by atoms with Gasteiger partial charge in [0.05, 0.1) is 18.8 Å². The number of hydrogen-bond donors (Lipinski definition) is 2. The van der Waals surface area contributed by atoms with Crippen LogP contribution in [0.5, 0.6) is 0 Å². The minimum atomic E-state index is -1.03. The average molecular weight is 478 g/mol. The Hall–Kier alpha value is -2.83. The summed E-state index contributed by atoms with van der Waals surface area (Å²) in [5.74, 6) is -0.443. The van der Waals surface area contributed by atoms with Gasteiger partial charge >= 0.3 is 6.03 Å². The summed E-state index contributed by atoms with van der Waals surface area (Å²) in [6.45, 7) is 14.6. The maximum atomic E-state index is 13.1. The summed E-state index contributed by atoms with van der Waals surface area (Å²) in [5, 5.41) is 6.16. The topological polar surface area (TPSA) is 62.8 Å². The smallest absolute Gasteiger partial charge is 0.319 e. The molecule has 4 rings (SSSR count). The van der Waals surface area contributed by atoms with E-state index in [9.17, 15) is 4.79 Å². The number of carbonyl (C=O) groups excluding carboxylic acids is 1. The van der Waals surface area contributed by atoms with E-state index in [-0.39, 0.29) is 24.8 Å². The lowest BCUT2D eigenvalue weighted by atomic mass is 9.93. The zero-order valence-electron chi connectivity index (χ0n) is 21.8. The molecule has 3 atom stereocenters. The van der Waals surface area contributed by atoms with E-state index in [0.717, 1.165) is 41.2 Å². The second-order valence-electron chi connectivity index (χ2n) is 10.3. The van der Waals surface area contributed by atoms with E-state index in [2.05, 4.69) is 85.7 Å². The molecule has 0 aliphatic carbocycles. The first kappa shape index (κ1) is 25.3. The lowest BCUT2D eigenvalue weighted by Crippen LogP contribution is -2.44. The molecule has 6 heteroatoms. The van der Waals surface area contributed by atoms with Gasteiger partial charge in [-0.2, -0.15) is 0 Å². The molecule has 35 heavy (non-hydrogen) atoms. The Morgan fingerprint density at radius 3 is 2.00 bits per heavy atom. The largest absolute Gasteiger partial charge is 0.364 e. The Bertz CT molecular complexity index is 1020. The van der Waals surface area contributed by atoms with E-state index in [1.807, 2.05) is 26.0 Å². The molecule has 0 spiro atoms. The maximum Gasteiger partial charge on any atom is 0.319 e. The predicted octanol–water partition coefficient (Wildman–Crippen LogP) is 6.11. The van der Waals surface area contributed by atoms with Crippen LogP contribution in [-0.4, -0.2) is 37.9 Å². The van der Waals surface area contributed by atoms with Crippen molar-refractivity contribution in [1.29, 1.82) is 0 Å². The minimum absolute atomic E-state index is 0.0865. The molecule has 2 amide bonds. The van der Waals surface area contributed by atoms with Crippen LogP contribution in [0, 0.1) is 0 Å². The molecule has 0 saturated carbocycles. The molecule has 1 fully saturated rings. The number of amides is 2. The van der Waals surface area contributed by atoms with Crippen LogP contribution in [0.3, 0.4) is 0 Å². The van der Waals surface area contributed by atoms with E-state index in [0.29, 0.717) is 11.8 Å². The number of benzene rings is 2. The van der Waals surface area contributed by atoms with Gasteiger partial charge < -0.3 is 25.0 Å². The van der Waals surface area contributed by atoms with Crippen LogP contribution < -0.4 is 15.5 Å². The molecular formula is C29H39N3O3. The normalized spacial score (nSPS) is 23.9. The molecule has 0 radical (unpaired) electrons. The van der Waals surface area contributed by atoms with Crippen molar-refractivity contribution in [3.8, 4) is 0 Å². The highest BCUT2D eigenvalue weighted by atomic mass is 16.8. The Morgan fingerprint density at radius 2 is 1.49 bits per heavy atom. The fourth-order valence-corrected chi connectivity index (χ4v) is 4.81. The Morgan fingerprint density at radius 1 is 0.943 bits per heavy atom. The molecule has 2 aliphatic rings. The monoisotopic (exact) mass is 477 g/mol. The van der Waals surface area contributed by atoms with E-state index < -0.39 is 5.79 Å². The van der Waals surface area contributed by atoms with Crippen LogP contribution in [0.2, 0.25) is 0 Å². The molecule has 1 unspecified atom stereocenters. The van der Waals surface area contributed by atoms with Crippen LogP contribution in [-0.2, 0) is 15.3 Å². The van der Waals surface area contributed by atoms with Gasteiger partial charge in [0, 0.05) is 30.0 Å². The molecule has 1 saturated heterocycles. The molecule has 2 aromatic carbocycles. The van der Waals surface area contributed by atoms with Crippen molar-refractivity contribution in [1.82, 2.24) is 5.32 Å². The second kappa shape index (κ2) is 10.4. The van der Waals surface area contributed by atoms with Gasteiger partial charge in [-0.05, 0) is 48.9 Å². The molecular weight excluding hydrogens is 438 g/mol. The first-order valence-corrected chi connectivity index (χ1v) is 12.7. The van der Waals surface area contributed by atoms with Crippen LogP contribution in [0.1, 0.15) is 70.1 Å². The van der Waals surface area contributed by atoms with Crippen molar-refractivity contribution in [3.05, 3.63) is 71.3 Å². The zero-order chi connectivity index (χ0) is 25.2. The average Bonchev–Trinajstić information content (AvgIpc) is 3.46. The van der Waals surface area contributed by atoms with Gasteiger partial charge in [0.1, 0.15) is 0 Å².